The minimum Gasteiger partial charge on any atom is -0.385 e. The van der Waals surface area contributed by atoms with Crippen LogP contribution in [0.25, 0.3) is 0 Å². The third-order valence-electron chi connectivity index (χ3n) is 7.73. The Balaban J connectivity index is 1.38. The molecule has 1 aliphatic heterocycles. The predicted octanol–water partition coefficient (Wildman–Crippen LogP) is 3.45. The van der Waals surface area contributed by atoms with Crippen molar-refractivity contribution in [2.24, 2.45) is 5.92 Å². The lowest BCUT2D eigenvalue weighted by molar-refractivity contribution is -0.137. The van der Waals surface area contributed by atoms with E-state index in [4.69, 9.17) is 0 Å². The molecule has 2 aromatic rings. The number of aromatic nitrogens is 1. The Bertz CT molecular complexity index is 1130. The maximum absolute atomic E-state index is 13.0. The molecule has 4 rings (SSSR count). The summed E-state index contributed by atoms with van der Waals surface area (Å²) in [5.74, 6) is -1.03. The van der Waals surface area contributed by atoms with Crippen LogP contribution in [0.2, 0.25) is 0 Å². The van der Waals surface area contributed by atoms with E-state index in [-0.39, 0.29) is 24.1 Å². The standard InChI is InChI=1S/C27H33F3N4O3/c1-17-6-7-22(14-31-17)26(37)10-8-20(9-11-26)25(13-18(2)33-16-25)34-23(35)15-32-24(36)19-4-3-5-21(12-19)27(28,29)30/h3-7,12,14,18,20,33,37H,8-11,13,15-16H2,1-2H3,(H,32,36)(H,34,35)/t18-,20?,25-,26?/m0/s1. The number of aryl methyl sites for hydroxylation is 1. The molecule has 0 radical (unpaired) electrons. The van der Waals surface area contributed by atoms with Gasteiger partial charge in [0.25, 0.3) is 5.91 Å². The Morgan fingerprint density at radius 3 is 2.51 bits per heavy atom. The molecule has 200 valence electrons. The number of hydrogen-bond acceptors (Lipinski definition) is 5. The molecule has 2 atom stereocenters. The molecule has 1 aromatic carbocycles. The molecule has 37 heavy (non-hydrogen) atoms. The van der Waals surface area contributed by atoms with Gasteiger partial charge in [-0.3, -0.25) is 14.6 Å². The number of alkyl halides is 3. The lowest BCUT2D eigenvalue weighted by Crippen LogP contribution is -2.58. The number of amides is 2. The van der Waals surface area contributed by atoms with Crippen molar-refractivity contribution in [1.29, 1.82) is 0 Å². The number of hydrogen-bond donors (Lipinski definition) is 4. The average molecular weight is 519 g/mol. The van der Waals surface area contributed by atoms with Crippen LogP contribution in [0.15, 0.2) is 42.6 Å². The van der Waals surface area contributed by atoms with Crippen LogP contribution in [0.5, 0.6) is 0 Å². The first-order chi connectivity index (χ1) is 17.4. The van der Waals surface area contributed by atoms with Gasteiger partial charge in [0, 0.05) is 35.6 Å². The number of rotatable bonds is 6. The van der Waals surface area contributed by atoms with Gasteiger partial charge in [0.05, 0.1) is 23.2 Å². The summed E-state index contributed by atoms with van der Waals surface area (Å²) < 4.78 is 38.9. The number of halogens is 3. The van der Waals surface area contributed by atoms with Crippen molar-refractivity contribution in [3.63, 3.8) is 0 Å². The Morgan fingerprint density at radius 1 is 1.19 bits per heavy atom. The molecule has 0 unspecified atom stereocenters. The van der Waals surface area contributed by atoms with Crippen molar-refractivity contribution in [2.75, 3.05) is 13.1 Å². The summed E-state index contributed by atoms with van der Waals surface area (Å²) in [6, 6.07) is 8.08. The minimum absolute atomic E-state index is 0.117. The van der Waals surface area contributed by atoms with Gasteiger partial charge >= 0.3 is 6.18 Å². The summed E-state index contributed by atoms with van der Waals surface area (Å²) >= 11 is 0. The van der Waals surface area contributed by atoms with E-state index < -0.39 is 34.7 Å². The summed E-state index contributed by atoms with van der Waals surface area (Å²) in [6.07, 6.45) is 0.357. The van der Waals surface area contributed by atoms with E-state index in [1.54, 1.807) is 6.20 Å². The maximum Gasteiger partial charge on any atom is 0.416 e. The summed E-state index contributed by atoms with van der Waals surface area (Å²) in [6.45, 7) is 4.15. The molecule has 10 heteroatoms. The minimum atomic E-state index is -4.56. The van der Waals surface area contributed by atoms with Crippen LogP contribution < -0.4 is 16.0 Å². The number of pyridine rings is 1. The van der Waals surface area contributed by atoms with Crippen LogP contribution in [-0.2, 0) is 16.6 Å². The highest BCUT2D eigenvalue weighted by Crippen LogP contribution is 2.45. The third-order valence-corrected chi connectivity index (χ3v) is 7.73. The molecular formula is C27H33F3N4O3. The zero-order valence-electron chi connectivity index (χ0n) is 21.0. The van der Waals surface area contributed by atoms with Crippen molar-refractivity contribution in [2.45, 2.75) is 69.3 Å². The molecule has 2 fully saturated rings. The second kappa shape index (κ2) is 10.4. The van der Waals surface area contributed by atoms with E-state index >= 15 is 0 Å². The lowest BCUT2D eigenvalue weighted by Gasteiger charge is -2.44. The smallest absolute Gasteiger partial charge is 0.385 e. The van der Waals surface area contributed by atoms with Crippen molar-refractivity contribution in [1.82, 2.24) is 20.9 Å². The fourth-order valence-corrected chi connectivity index (χ4v) is 5.66. The first-order valence-electron chi connectivity index (χ1n) is 12.6. The molecule has 2 amide bonds. The fraction of sp³-hybridized carbons (Fsp3) is 0.519. The molecule has 0 bridgehead atoms. The van der Waals surface area contributed by atoms with Crippen molar-refractivity contribution in [3.8, 4) is 0 Å². The van der Waals surface area contributed by atoms with Crippen LogP contribution in [0.3, 0.4) is 0 Å². The second-order valence-electron chi connectivity index (χ2n) is 10.4. The van der Waals surface area contributed by atoms with E-state index in [1.165, 1.54) is 6.07 Å². The zero-order chi connectivity index (χ0) is 26.8. The molecule has 7 nitrogen and oxygen atoms in total. The number of nitrogens with one attached hydrogen (secondary N) is 3. The second-order valence-corrected chi connectivity index (χ2v) is 10.4. The van der Waals surface area contributed by atoms with Gasteiger partial charge in [-0.2, -0.15) is 13.2 Å². The van der Waals surface area contributed by atoms with Crippen molar-refractivity contribution >= 4 is 11.8 Å². The topological polar surface area (TPSA) is 103 Å². The Labute approximate surface area is 214 Å². The summed E-state index contributed by atoms with van der Waals surface area (Å²) in [5, 5.41) is 20.2. The monoisotopic (exact) mass is 518 g/mol. The zero-order valence-corrected chi connectivity index (χ0v) is 21.0. The van der Waals surface area contributed by atoms with Crippen LogP contribution in [0.1, 0.15) is 66.2 Å². The average Bonchev–Trinajstić information content (AvgIpc) is 3.23. The molecule has 1 saturated heterocycles. The Hall–Kier alpha value is -2.98. The Morgan fingerprint density at radius 2 is 1.92 bits per heavy atom. The van der Waals surface area contributed by atoms with Gasteiger partial charge in [0.15, 0.2) is 0 Å². The third kappa shape index (κ3) is 6.13. The quantitative estimate of drug-likeness (QED) is 0.469. The molecule has 1 aromatic heterocycles. The van der Waals surface area contributed by atoms with E-state index in [0.29, 0.717) is 38.6 Å². The van der Waals surface area contributed by atoms with E-state index in [1.807, 2.05) is 26.0 Å². The maximum atomic E-state index is 13.0. The van der Waals surface area contributed by atoms with Crippen LogP contribution >= 0.6 is 0 Å². The van der Waals surface area contributed by atoms with Crippen LogP contribution in [0.4, 0.5) is 13.2 Å². The van der Waals surface area contributed by atoms with E-state index in [2.05, 4.69) is 20.9 Å². The van der Waals surface area contributed by atoms with E-state index in [0.717, 1.165) is 29.5 Å². The molecule has 2 aliphatic rings. The Kier molecular flexibility index (Phi) is 7.62. The first-order valence-corrected chi connectivity index (χ1v) is 12.6. The number of carbonyl (C=O) groups excluding carboxylic acids is 2. The van der Waals surface area contributed by atoms with Crippen molar-refractivity contribution < 1.29 is 27.9 Å². The van der Waals surface area contributed by atoms with Gasteiger partial charge in [0.2, 0.25) is 5.91 Å². The molecule has 4 N–H and O–H groups in total. The molecule has 2 heterocycles. The van der Waals surface area contributed by atoms with Gasteiger partial charge in [-0.1, -0.05) is 12.1 Å². The van der Waals surface area contributed by atoms with Crippen LogP contribution in [0, 0.1) is 12.8 Å². The van der Waals surface area contributed by atoms with Gasteiger partial charge in [-0.15, -0.1) is 0 Å². The highest BCUT2D eigenvalue weighted by molar-refractivity contribution is 5.96. The molecule has 0 spiro atoms. The van der Waals surface area contributed by atoms with Crippen LogP contribution in [-0.4, -0.2) is 46.6 Å². The summed E-state index contributed by atoms with van der Waals surface area (Å²) in [7, 11) is 0. The summed E-state index contributed by atoms with van der Waals surface area (Å²) in [5.41, 5.74) is -0.902. The number of carbonyl (C=O) groups is 2. The number of benzene rings is 1. The van der Waals surface area contributed by atoms with Gasteiger partial charge in [-0.05, 0) is 76.1 Å². The highest BCUT2D eigenvalue weighted by atomic mass is 19.4. The largest absolute Gasteiger partial charge is 0.416 e. The molecular weight excluding hydrogens is 485 g/mol. The normalized spacial score (nSPS) is 28.1. The molecule has 1 saturated carbocycles. The number of nitrogens with zero attached hydrogens (tertiary/aromatic N) is 1. The SMILES string of the molecule is Cc1ccc(C2(O)CCC([C@@]3(NC(=O)CNC(=O)c4cccc(C(F)(F)F)c4)CN[C@@H](C)C3)CC2)cn1. The predicted molar refractivity (Wildman–Crippen MR) is 132 cm³/mol. The summed E-state index contributed by atoms with van der Waals surface area (Å²) in [4.78, 5) is 29.6. The highest BCUT2D eigenvalue weighted by Gasteiger charge is 2.48. The number of aliphatic hydroxyl groups is 1. The molecule has 1 aliphatic carbocycles. The first kappa shape index (κ1) is 27.1. The lowest BCUT2D eigenvalue weighted by atomic mass is 9.67. The van der Waals surface area contributed by atoms with E-state index in [9.17, 15) is 27.9 Å². The van der Waals surface area contributed by atoms with Crippen molar-refractivity contribution in [3.05, 3.63) is 65.0 Å². The van der Waals surface area contributed by atoms with Gasteiger partial charge in [-0.25, -0.2) is 0 Å². The van der Waals surface area contributed by atoms with Gasteiger partial charge < -0.3 is 21.1 Å². The van der Waals surface area contributed by atoms with Gasteiger partial charge in [0.1, 0.15) is 0 Å². The fourth-order valence-electron chi connectivity index (χ4n) is 5.66.